The first kappa shape index (κ1) is 13.8. The van der Waals surface area contributed by atoms with Gasteiger partial charge < -0.3 is 5.32 Å². The van der Waals surface area contributed by atoms with Gasteiger partial charge in [-0.05, 0) is 13.3 Å². The van der Waals surface area contributed by atoms with Crippen molar-refractivity contribution in [3.05, 3.63) is 18.7 Å². The van der Waals surface area contributed by atoms with Crippen LogP contribution in [0.3, 0.4) is 0 Å². The Labute approximate surface area is 117 Å². The van der Waals surface area contributed by atoms with Gasteiger partial charge in [0.2, 0.25) is 11.9 Å². The summed E-state index contributed by atoms with van der Waals surface area (Å²) >= 11 is 1.66. The normalized spacial score (nSPS) is 10.6. The van der Waals surface area contributed by atoms with Crippen LogP contribution in [-0.4, -0.2) is 36.8 Å². The number of nitrogens with zero attached hydrogens (tertiary/aromatic N) is 5. The SMILES string of the molecule is CCCCSc1nc(NCC)nc(-n2ccnc2)n1. The van der Waals surface area contributed by atoms with E-state index in [1.165, 1.54) is 6.42 Å². The van der Waals surface area contributed by atoms with Crippen LogP contribution in [-0.2, 0) is 0 Å². The van der Waals surface area contributed by atoms with Crippen LogP contribution in [0.4, 0.5) is 5.95 Å². The molecule has 0 spiro atoms. The zero-order chi connectivity index (χ0) is 13.5. The Bertz CT molecular complexity index is 499. The van der Waals surface area contributed by atoms with Crippen molar-refractivity contribution in [2.75, 3.05) is 17.6 Å². The van der Waals surface area contributed by atoms with Gasteiger partial charge in [-0.25, -0.2) is 4.98 Å². The van der Waals surface area contributed by atoms with Gasteiger partial charge in [0.15, 0.2) is 5.16 Å². The van der Waals surface area contributed by atoms with Crippen LogP contribution in [0.2, 0.25) is 0 Å². The molecule has 2 rings (SSSR count). The van der Waals surface area contributed by atoms with Gasteiger partial charge in [-0.2, -0.15) is 15.0 Å². The number of imidazole rings is 1. The van der Waals surface area contributed by atoms with Crippen LogP contribution in [0, 0.1) is 0 Å². The van der Waals surface area contributed by atoms with E-state index in [1.807, 2.05) is 13.1 Å². The summed E-state index contributed by atoms with van der Waals surface area (Å²) in [6, 6.07) is 0. The maximum atomic E-state index is 4.45. The van der Waals surface area contributed by atoms with E-state index in [-0.39, 0.29) is 0 Å². The summed E-state index contributed by atoms with van der Waals surface area (Å²) in [6.45, 7) is 4.98. The minimum Gasteiger partial charge on any atom is -0.354 e. The third-order valence-corrected chi connectivity index (χ3v) is 3.34. The van der Waals surface area contributed by atoms with Crippen molar-refractivity contribution in [3.8, 4) is 5.95 Å². The van der Waals surface area contributed by atoms with Gasteiger partial charge in [0.25, 0.3) is 0 Å². The van der Waals surface area contributed by atoms with Gasteiger partial charge in [-0.3, -0.25) is 4.57 Å². The zero-order valence-electron chi connectivity index (χ0n) is 11.2. The molecule has 2 aromatic heterocycles. The van der Waals surface area contributed by atoms with Gasteiger partial charge >= 0.3 is 0 Å². The Kier molecular flexibility index (Phi) is 5.14. The summed E-state index contributed by atoms with van der Waals surface area (Å²) in [5, 5.41) is 3.88. The third kappa shape index (κ3) is 3.92. The molecule has 0 aliphatic carbocycles. The van der Waals surface area contributed by atoms with Crippen molar-refractivity contribution in [3.63, 3.8) is 0 Å². The molecule has 0 aliphatic heterocycles. The second kappa shape index (κ2) is 7.08. The number of unbranched alkanes of at least 4 members (excludes halogenated alkanes) is 1. The van der Waals surface area contributed by atoms with Crippen molar-refractivity contribution in [2.45, 2.75) is 31.8 Å². The van der Waals surface area contributed by atoms with E-state index < -0.39 is 0 Å². The molecule has 6 nitrogen and oxygen atoms in total. The Morgan fingerprint density at radius 3 is 2.84 bits per heavy atom. The molecule has 0 aromatic carbocycles. The Morgan fingerprint density at radius 2 is 2.16 bits per heavy atom. The van der Waals surface area contributed by atoms with Gasteiger partial charge in [0.05, 0.1) is 0 Å². The van der Waals surface area contributed by atoms with Crippen LogP contribution >= 0.6 is 11.8 Å². The van der Waals surface area contributed by atoms with E-state index in [2.05, 4.69) is 32.2 Å². The third-order valence-electron chi connectivity index (χ3n) is 2.40. The second-order valence-electron chi connectivity index (χ2n) is 3.94. The van der Waals surface area contributed by atoms with Gasteiger partial charge in [-0.15, -0.1) is 0 Å². The molecular formula is C12H18N6S. The van der Waals surface area contributed by atoms with Gasteiger partial charge in [-0.1, -0.05) is 25.1 Å². The molecule has 0 aliphatic rings. The molecule has 0 saturated heterocycles. The number of anilines is 1. The lowest BCUT2D eigenvalue weighted by Crippen LogP contribution is -2.08. The standard InChI is InChI=1S/C12H18N6S/c1-3-5-8-19-12-16-10(14-4-2)15-11(17-12)18-7-6-13-9-18/h6-7,9H,3-5,8H2,1-2H3,(H,14,15,16,17). The van der Waals surface area contributed by atoms with Crippen LogP contribution in [0.15, 0.2) is 23.9 Å². The largest absolute Gasteiger partial charge is 0.354 e. The molecule has 0 saturated carbocycles. The summed E-state index contributed by atoms with van der Waals surface area (Å²) in [4.78, 5) is 17.2. The molecule has 0 atom stereocenters. The fraction of sp³-hybridized carbons (Fsp3) is 0.500. The van der Waals surface area contributed by atoms with Crippen LogP contribution in [0.25, 0.3) is 5.95 Å². The molecule has 7 heteroatoms. The maximum absolute atomic E-state index is 4.45. The van der Waals surface area contributed by atoms with Crippen molar-refractivity contribution in [1.82, 2.24) is 24.5 Å². The topological polar surface area (TPSA) is 68.5 Å². The predicted molar refractivity (Wildman–Crippen MR) is 76.7 cm³/mol. The lowest BCUT2D eigenvalue weighted by atomic mass is 10.4. The molecule has 0 unspecified atom stereocenters. The summed E-state index contributed by atoms with van der Waals surface area (Å²) in [5.74, 6) is 2.23. The number of nitrogens with one attached hydrogen (secondary N) is 1. The molecular weight excluding hydrogens is 260 g/mol. The fourth-order valence-electron chi connectivity index (χ4n) is 1.45. The molecule has 0 fully saturated rings. The fourth-order valence-corrected chi connectivity index (χ4v) is 2.36. The minimum atomic E-state index is 0.599. The summed E-state index contributed by atoms with van der Waals surface area (Å²) in [7, 11) is 0. The molecule has 0 amide bonds. The van der Waals surface area contributed by atoms with E-state index in [1.54, 1.807) is 28.9 Å². The zero-order valence-corrected chi connectivity index (χ0v) is 12.0. The molecule has 2 aromatic rings. The lowest BCUT2D eigenvalue weighted by molar-refractivity contribution is 0.820. The number of aromatic nitrogens is 5. The summed E-state index contributed by atoms with van der Waals surface area (Å²) < 4.78 is 1.78. The second-order valence-corrected chi connectivity index (χ2v) is 5.01. The van der Waals surface area contributed by atoms with E-state index >= 15 is 0 Å². The number of hydrogen-bond acceptors (Lipinski definition) is 6. The molecule has 2 heterocycles. The molecule has 0 bridgehead atoms. The maximum Gasteiger partial charge on any atom is 0.240 e. The Morgan fingerprint density at radius 1 is 1.26 bits per heavy atom. The van der Waals surface area contributed by atoms with Crippen molar-refractivity contribution in [2.24, 2.45) is 0 Å². The average molecular weight is 278 g/mol. The average Bonchev–Trinajstić information content (AvgIpc) is 2.93. The van der Waals surface area contributed by atoms with Crippen molar-refractivity contribution >= 4 is 17.7 Å². The van der Waals surface area contributed by atoms with Crippen LogP contribution in [0.1, 0.15) is 26.7 Å². The highest BCUT2D eigenvalue weighted by atomic mass is 32.2. The quantitative estimate of drug-likeness (QED) is 0.619. The molecule has 0 radical (unpaired) electrons. The minimum absolute atomic E-state index is 0.599. The highest BCUT2D eigenvalue weighted by Gasteiger charge is 2.07. The van der Waals surface area contributed by atoms with Crippen LogP contribution in [0.5, 0.6) is 0 Å². The molecule has 102 valence electrons. The lowest BCUT2D eigenvalue weighted by Gasteiger charge is -2.07. The first-order valence-corrected chi connectivity index (χ1v) is 7.43. The van der Waals surface area contributed by atoms with E-state index in [0.29, 0.717) is 11.9 Å². The smallest absolute Gasteiger partial charge is 0.240 e. The number of hydrogen-bond donors (Lipinski definition) is 1. The number of thioether (sulfide) groups is 1. The molecule has 1 N–H and O–H groups in total. The van der Waals surface area contributed by atoms with Crippen molar-refractivity contribution in [1.29, 1.82) is 0 Å². The highest BCUT2D eigenvalue weighted by Crippen LogP contribution is 2.17. The van der Waals surface area contributed by atoms with Crippen molar-refractivity contribution < 1.29 is 0 Å². The monoisotopic (exact) mass is 278 g/mol. The van der Waals surface area contributed by atoms with Gasteiger partial charge in [0, 0.05) is 24.7 Å². The predicted octanol–water partition coefficient (Wildman–Crippen LogP) is 2.38. The van der Waals surface area contributed by atoms with E-state index in [9.17, 15) is 0 Å². The molecule has 19 heavy (non-hydrogen) atoms. The summed E-state index contributed by atoms with van der Waals surface area (Å²) in [6.07, 6.45) is 7.55. The first-order valence-electron chi connectivity index (χ1n) is 6.44. The van der Waals surface area contributed by atoms with E-state index in [0.717, 1.165) is 23.9 Å². The summed E-state index contributed by atoms with van der Waals surface area (Å²) in [5.41, 5.74) is 0. The Balaban J connectivity index is 2.22. The highest BCUT2D eigenvalue weighted by molar-refractivity contribution is 7.99. The van der Waals surface area contributed by atoms with Gasteiger partial charge in [0.1, 0.15) is 6.33 Å². The number of rotatable bonds is 7. The van der Waals surface area contributed by atoms with E-state index in [4.69, 9.17) is 0 Å². The van der Waals surface area contributed by atoms with Crippen LogP contribution < -0.4 is 5.32 Å². The Hall–Kier alpha value is -1.63. The first-order chi connectivity index (χ1) is 9.33.